The molecule has 10 heavy (non-hydrogen) atoms. The molecule has 1 rings (SSSR count). The van der Waals surface area contributed by atoms with E-state index in [2.05, 4.69) is 49.1 Å². The van der Waals surface area contributed by atoms with Gasteiger partial charge in [-0.15, -0.1) is 0 Å². The molecule has 0 saturated carbocycles. The second-order valence-electron chi connectivity index (χ2n) is 3.15. The lowest BCUT2D eigenvalue weighted by Crippen LogP contribution is -1.91. The van der Waals surface area contributed by atoms with Crippen LogP contribution in [-0.2, 0) is 0 Å². The van der Waals surface area contributed by atoms with E-state index in [1.54, 1.807) is 0 Å². The molecule has 0 fully saturated rings. The van der Waals surface area contributed by atoms with Crippen molar-refractivity contribution in [3.8, 4) is 0 Å². The number of benzene rings is 1. The van der Waals surface area contributed by atoms with Crippen molar-refractivity contribution < 1.29 is 0 Å². The normalized spacial score (nSPS) is 13.1. The molecular formula is C9H14S. The minimum Gasteiger partial charge on any atom is -0.223 e. The van der Waals surface area contributed by atoms with Gasteiger partial charge < -0.3 is 0 Å². The molecule has 0 amide bonds. The second kappa shape index (κ2) is 2.67. The van der Waals surface area contributed by atoms with Crippen LogP contribution < -0.4 is 0 Å². The molecule has 0 nitrogen and oxygen atoms in total. The fourth-order valence-corrected chi connectivity index (χ4v) is 1.80. The fraction of sp³-hybridized carbons (Fsp3) is 0.333. The summed E-state index contributed by atoms with van der Waals surface area (Å²) >= 11 is 0. The van der Waals surface area contributed by atoms with Gasteiger partial charge in [-0.25, -0.2) is 10.0 Å². The summed E-state index contributed by atoms with van der Waals surface area (Å²) < 4.78 is 0. The molecule has 0 aromatic heterocycles. The van der Waals surface area contributed by atoms with Gasteiger partial charge in [0.1, 0.15) is 0 Å². The lowest BCUT2D eigenvalue weighted by atomic mass is 10.4. The Kier molecular flexibility index (Phi) is 2.05. The Morgan fingerprint density at radius 3 is 1.70 bits per heavy atom. The molecule has 0 N–H and O–H groups in total. The molecule has 0 aliphatic carbocycles. The zero-order chi connectivity index (χ0) is 7.61. The summed E-state index contributed by atoms with van der Waals surface area (Å²) in [5.74, 6) is 0. The van der Waals surface area contributed by atoms with Crippen LogP contribution in [0.15, 0.2) is 35.2 Å². The molecule has 0 aliphatic heterocycles. The van der Waals surface area contributed by atoms with E-state index in [0.29, 0.717) is 0 Å². The van der Waals surface area contributed by atoms with Crippen molar-refractivity contribution in [1.29, 1.82) is 0 Å². The van der Waals surface area contributed by atoms with E-state index in [0.717, 1.165) is 0 Å². The van der Waals surface area contributed by atoms with Gasteiger partial charge in [0.2, 0.25) is 0 Å². The molecule has 1 aromatic carbocycles. The highest BCUT2D eigenvalue weighted by Crippen LogP contribution is 2.44. The molecule has 0 saturated heterocycles. The lowest BCUT2D eigenvalue weighted by molar-refractivity contribution is 1.44. The van der Waals surface area contributed by atoms with E-state index in [1.807, 2.05) is 0 Å². The topological polar surface area (TPSA) is 0 Å². The SMILES string of the molecule is CS(C)(C)c1ccccc1. The van der Waals surface area contributed by atoms with E-state index in [9.17, 15) is 0 Å². The Hall–Kier alpha value is -0.430. The van der Waals surface area contributed by atoms with Crippen molar-refractivity contribution in [2.45, 2.75) is 4.90 Å². The Morgan fingerprint density at radius 1 is 0.900 bits per heavy atom. The highest BCUT2D eigenvalue weighted by molar-refractivity contribution is 8.32. The molecule has 56 valence electrons. The van der Waals surface area contributed by atoms with Crippen molar-refractivity contribution in [3.05, 3.63) is 30.3 Å². The first-order valence-corrected chi connectivity index (χ1v) is 6.20. The third-order valence-corrected chi connectivity index (χ3v) is 3.14. The van der Waals surface area contributed by atoms with Crippen LogP contribution in [0, 0.1) is 0 Å². The minimum atomic E-state index is -0.503. The van der Waals surface area contributed by atoms with Gasteiger partial charge >= 0.3 is 0 Å². The maximum atomic E-state index is 2.31. The summed E-state index contributed by atoms with van der Waals surface area (Å²) in [5, 5.41) is 0. The van der Waals surface area contributed by atoms with Gasteiger partial charge in [-0.1, -0.05) is 30.3 Å². The second-order valence-corrected chi connectivity index (χ2v) is 7.30. The van der Waals surface area contributed by atoms with Crippen molar-refractivity contribution >= 4 is 10.0 Å². The van der Waals surface area contributed by atoms with Crippen molar-refractivity contribution in [1.82, 2.24) is 0 Å². The van der Waals surface area contributed by atoms with Crippen LogP contribution in [0.1, 0.15) is 0 Å². The molecule has 0 heterocycles. The smallest absolute Gasteiger partial charge is 0.0106 e. The number of rotatable bonds is 1. The predicted molar refractivity (Wildman–Crippen MR) is 50.1 cm³/mol. The van der Waals surface area contributed by atoms with Crippen LogP contribution in [0.25, 0.3) is 0 Å². The van der Waals surface area contributed by atoms with Gasteiger partial charge in [0.05, 0.1) is 0 Å². The molecule has 0 aliphatic rings. The molecule has 0 bridgehead atoms. The van der Waals surface area contributed by atoms with Crippen molar-refractivity contribution in [3.63, 3.8) is 0 Å². The Bertz CT molecular complexity index is 196. The summed E-state index contributed by atoms with van der Waals surface area (Å²) in [6, 6.07) is 10.7. The highest BCUT2D eigenvalue weighted by atomic mass is 32.3. The van der Waals surface area contributed by atoms with Crippen LogP contribution in [-0.4, -0.2) is 18.8 Å². The molecule has 0 spiro atoms. The average molecular weight is 154 g/mol. The van der Waals surface area contributed by atoms with Crippen LogP contribution in [0.5, 0.6) is 0 Å². The molecule has 1 heteroatoms. The first-order valence-electron chi connectivity index (χ1n) is 3.34. The van der Waals surface area contributed by atoms with Crippen LogP contribution in [0.2, 0.25) is 0 Å². The minimum absolute atomic E-state index is 0.503. The Labute approximate surface area is 64.6 Å². The van der Waals surface area contributed by atoms with E-state index >= 15 is 0 Å². The number of hydrogen-bond donors (Lipinski definition) is 0. The first kappa shape index (κ1) is 7.67. The maximum Gasteiger partial charge on any atom is -0.0106 e. The largest absolute Gasteiger partial charge is 0.223 e. The molecule has 0 atom stereocenters. The maximum absolute atomic E-state index is 2.31. The van der Waals surface area contributed by atoms with Gasteiger partial charge in [0.25, 0.3) is 0 Å². The zero-order valence-electron chi connectivity index (χ0n) is 6.79. The monoisotopic (exact) mass is 154 g/mol. The average Bonchev–Trinajstić information content (AvgIpc) is 1.88. The van der Waals surface area contributed by atoms with Crippen LogP contribution in [0.4, 0.5) is 0 Å². The summed E-state index contributed by atoms with van der Waals surface area (Å²) in [4.78, 5) is 1.48. The van der Waals surface area contributed by atoms with Gasteiger partial charge in [-0.05, 0) is 23.7 Å². The summed E-state index contributed by atoms with van der Waals surface area (Å²) in [7, 11) is -0.503. The van der Waals surface area contributed by atoms with Crippen molar-refractivity contribution in [2.24, 2.45) is 0 Å². The third kappa shape index (κ3) is 1.77. The Morgan fingerprint density at radius 2 is 1.40 bits per heavy atom. The van der Waals surface area contributed by atoms with Gasteiger partial charge in [0.15, 0.2) is 0 Å². The van der Waals surface area contributed by atoms with Gasteiger partial charge in [-0.3, -0.25) is 0 Å². The standard InChI is InChI=1S/C9H14S/c1-10(2,3)9-7-5-4-6-8-9/h4-8H,1-3H3. The summed E-state index contributed by atoms with van der Waals surface area (Å²) in [5.41, 5.74) is 0. The highest BCUT2D eigenvalue weighted by Gasteiger charge is 2.04. The van der Waals surface area contributed by atoms with Gasteiger partial charge in [-0.2, -0.15) is 0 Å². The van der Waals surface area contributed by atoms with Crippen LogP contribution >= 0.6 is 10.0 Å². The molecule has 0 unspecified atom stereocenters. The Balaban J connectivity index is 2.97. The van der Waals surface area contributed by atoms with E-state index in [1.165, 1.54) is 4.90 Å². The van der Waals surface area contributed by atoms with E-state index < -0.39 is 10.0 Å². The predicted octanol–water partition coefficient (Wildman–Crippen LogP) is 2.74. The summed E-state index contributed by atoms with van der Waals surface area (Å²) in [6.07, 6.45) is 6.92. The van der Waals surface area contributed by atoms with E-state index in [4.69, 9.17) is 0 Å². The molecular weight excluding hydrogens is 140 g/mol. The quantitative estimate of drug-likeness (QED) is 0.583. The third-order valence-electron chi connectivity index (χ3n) is 1.45. The lowest BCUT2D eigenvalue weighted by Gasteiger charge is -2.25. The number of hydrogen-bond acceptors (Lipinski definition) is 0. The molecule has 1 aromatic rings. The zero-order valence-corrected chi connectivity index (χ0v) is 7.61. The van der Waals surface area contributed by atoms with E-state index in [-0.39, 0.29) is 0 Å². The van der Waals surface area contributed by atoms with Gasteiger partial charge in [0, 0.05) is 0 Å². The summed E-state index contributed by atoms with van der Waals surface area (Å²) in [6.45, 7) is 0. The van der Waals surface area contributed by atoms with Crippen LogP contribution in [0.3, 0.4) is 0 Å². The first-order chi connectivity index (χ1) is 4.61. The van der Waals surface area contributed by atoms with Crippen molar-refractivity contribution in [2.75, 3.05) is 18.8 Å². The fourth-order valence-electron chi connectivity index (χ4n) is 0.829. The molecule has 0 radical (unpaired) electrons.